The molecule has 6 nitrogen and oxygen atoms in total. The number of carbonyl (C=O) groups is 1. The number of rotatable bonds is 8. The highest BCUT2D eigenvalue weighted by Crippen LogP contribution is 2.24. The van der Waals surface area contributed by atoms with Gasteiger partial charge in [0.1, 0.15) is 5.75 Å². The van der Waals surface area contributed by atoms with Crippen LogP contribution in [0.1, 0.15) is 5.56 Å². The van der Waals surface area contributed by atoms with E-state index in [9.17, 15) is 18.0 Å². The second-order valence-corrected chi connectivity index (χ2v) is 7.36. The minimum Gasteiger partial charge on any atom is -0.484 e. The number of nitrogens with one attached hydrogen (secondary N) is 1. The highest BCUT2D eigenvalue weighted by Gasteiger charge is 2.28. The summed E-state index contributed by atoms with van der Waals surface area (Å²) in [5.74, 6) is 0.228. The fourth-order valence-corrected chi connectivity index (χ4v) is 2.94. The van der Waals surface area contributed by atoms with Crippen LogP contribution in [0.5, 0.6) is 5.75 Å². The Labute approximate surface area is 178 Å². The quantitative estimate of drug-likeness (QED) is 0.492. The lowest BCUT2D eigenvalue weighted by Crippen LogP contribution is -2.24. The van der Waals surface area contributed by atoms with E-state index in [0.29, 0.717) is 16.5 Å². The van der Waals surface area contributed by atoms with Crippen LogP contribution in [0.25, 0.3) is 11.5 Å². The molecule has 1 heterocycles. The van der Waals surface area contributed by atoms with Crippen molar-refractivity contribution in [3.8, 4) is 17.2 Å². The average Bonchev–Trinajstić information content (AvgIpc) is 3.19. The van der Waals surface area contributed by atoms with Crippen LogP contribution in [0.3, 0.4) is 0 Å². The highest BCUT2D eigenvalue weighted by atomic mass is 35.5. The van der Waals surface area contributed by atoms with Gasteiger partial charge in [0, 0.05) is 17.1 Å². The number of amides is 1. The molecule has 0 spiro atoms. The molecule has 0 atom stereocenters. The zero-order valence-electron chi connectivity index (χ0n) is 15.3. The monoisotopic (exact) mass is 457 g/mol. The van der Waals surface area contributed by atoms with Gasteiger partial charge in [0.25, 0.3) is 5.22 Å². The first-order valence-electron chi connectivity index (χ1n) is 8.56. The van der Waals surface area contributed by atoms with E-state index >= 15 is 0 Å². The van der Waals surface area contributed by atoms with Crippen LogP contribution in [0, 0.1) is 0 Å². The van der Waals surface area contributed by atoms with Crippen molar-refractivity contribution in [1.29, 1.82) is 0 Å². The first kappa shape index (κ1) is 22.0. The molecule has 0 aliphatic heterocycles. The molecule has 0 aliphatic rings. The molecule has 0 saturated carbocycles. The zero-order chi connectivity index (χ0) is 21.6. The molecule has 0 saturated heterocycles. The molecular weight excluding hydrogens is 443 g/mol. The van der Waals surface area contributed by atoms with Gasteiger partial charge in [-0.2, -0.15) is 13.2 Å². The van der Waals surface area contributed by atoms with Gasteiger partial charge in [-0.1, -0.05) is 35.5 Å². The summed E-state index contributed by atoms with van der Waals surface area (Å²) in [6.07, 6.45) is -4.39. The van der Waals surface area contributed by atoms with Gasteiger partial charge in [-0.05, 0) is 42.0 Å². The summed E-state index contributed by atoms with van der Waals surface area (Å²) in [7, 11) is 0. The van der Waals surface area contributed by atoms with E-state index in [2.05, 4.69) is 20.3 Å². The fraction of sp³-hybridized carbons (Fsp3) is 0.211. The summed E-state index contributed by atoms with van der Waals surface area (Å²) in [5.41, 5.74) is 1.43. The second-order valence-electron chi connectivity index (χ2n) is 5.99. The van der Waals surface area contributed by atoms with E-state index in [1.807, 2.05) is 0 Å². The number of aromatic nitrogens is 2. The molecule has 0 radical (unpaired) electrons. The smallest absolute Gasteiger partial charge is 0.422 e. The number of benzene rings is 2. The van der Waals surface area contributed by atoms with Crippen LogP contribution in [0.4, 0.5) is 13.2 Å². The van der Waals surface area contributed by atoms with Crippen molar-refractivity contribution in [2.45, 2.75) is 17.9 Å². The standard InChI is InChI=1S/C19H15ClF3N3O3S/c20-14-5-3-13(4-6-14)17-25-26-18(29-17)30-10-16(27)24-9-12-1-7-15(8-2-12)28-11-19(21,22)23/h1-8H,9-11H2,(H,24,27). The second kappa shape index (κ2) is 9.86. The molecule has 3 rings (SSSR count). The molecule has 0 bridgehead atoms. The molecule has 30 heavy (non-hydrogen) atoms. The summed E-state index contributed by atoms with van der Waals surface area (Å²) in [5, 5.41) is 11.4. The van der Waals surface area contributed by atoms with Gasteiger partial charge in [0.2, 0.25) is 11.8 Å². The number of nitrogens with zero attached hydrogens (tertiary/aromatic N) is 2. The molecule has 0 aliphatic carbocycles. The molecule has 0 unspecified atom stereocenters. The number of carbonyl (C=O) groups excluding carboxylic acids is 1. The number of alkyl halides is 3. The average molecular weight is 458 g/mol. The van der Waals surface area contributed by atoms with Crippen LogP contribution in [0.15, 0.2) is 58.2 Å². The van der Waals surface area contributed by atoms with E-state index in [1.54, 1.807) is 36.4 Å². The molecule has 11 heteroatoms. The van der Waals surface area contributed by atoms with E-state index in [1.165, 1.54) is 12.1 Å². The summed E-state index contributed by atoms with van der Waals surface area (Å²) in [6, 6.07) is 12.9. The molecule has 1 N–H and O–H groups in total. The van der Waals surface area contributed by atoms with Crippen molar-refractivity contribution in [2.24, 2.45) is 0 Å². The minimum absolute atomic E-state index is 0.0645. The van der Waals surface area contributed by atoms with Gasteiger partial charge in [0.15, 0.2) is 6.61 Å². The largest absolute Gasteiger partial charge is 0.484 e. The number of ether oxygens (including phenoxy) is 1. The SMILES string of the molecule is O=C(CSc1nnc(-c2ccc(Cl)cc2)o1)NCc1ccc(OCC(F)(F)F)cc1. The minimum atomic E-state index is -4.39. The van der Waals surface area contributed by atoms with E-state index in [0.717, 1.165) is 17.3 Å². The summed E-state index contributed by atoms with van der Waals surface area (Å²) in [4.78, 5) is 12.0. The summed E-state index contributed by atoms with van der Waals surface area (Å²) in [6.45, 7) is -1.13. The van der Waals surface area contributed by atoms with E-state index < -0.39 is 12.8 Å². The summed E-state index contributed by atoms with van der Waals surface area (Å²) < 4.78 is 46.5. The van der Waals surface area contributed by atoms with Crippen LogP contribution in [-0.2, 0) is 11.3 Å². The Kier molecular flexibility index (Phi) is 7.22. The van der Waals surface area contributed by atoms with Crippen molar-refractivity contribution in [1.82, 2.24) is 15.5 Å². The predicted octanol–water partition coefficient (Wildman–Crippen LogP) is 4.74. The normalized spacial score (nSPS) is 11.3. The Morgan fingerprint density at radius 3 is 2.47 bits per heavy atom. The van der Waals surface area contributed by atoms with Gasteiger partial charge in [-0.3, -0.25) is 4.79 Å². The first-order valence-corrected chi connectivity index (χ1v) is 9.92. The van der Waals surface area contributed by atoms with Gasteiger partial charge in [-0.25, -0.2) is 0 Å². The van der Waals surface area contributed by atoms with Crippen LogP contribution in [0.2, 0.25) is 5.02 Å². The molecule has 1 amide bonds. The molecule has 1 aromatic heterocycles. The number of hydrogen-bond acceptors (Lipinski definition) is 6. The topological polar surface area (TPSA) is 77.2 Å². The van der Waals surface area contributed by atoms with Crippen molar-refractivity contribution in [3.05, 3.63) is 59.1 Å². The van der Waals surface area contributed by atoms with Gasteiger partial charge < -0.3 is 14.5 Å². The maximum atomic E-state index is 12.1. The van der Waals surface area contributed by atoms with Crippen molar-refractivity contribution in [2.75, 3.05) is 12.4 Å². The van der Waals surface area contributed by atoms with Crippen molar-refractivity contribution >= 4 is 29.3 Å². The Bertz CT molecular complexity index is 979. The Morgan fingerprint density at radius 2 is 1.80 bits per heavy atom. The molecule has 158 valence electrons. The van der Waals surface area contributed by atoms with Crippen molar-refractivity contribution in [3.63, 3.8) is 0 Å². The number of hydrogen-bond donors (Lipinski definition) is 1. The lowest BCUT2D eigenvalue weighted by molar-refractivity contribution is -0.153. The lowest BCUT2D eigenvalue weighted by atomic mass is 10.2. The lowest BCUT2D eigenvalue weighted by Gasteiger charge is -2.10. The molecule has 3 aromatic rings. The Balaban J connectivity index is 1.42. The van der Waals surface area contributed by atoms with Crippen molar-refractivity contribution < 1.29 is 27.1 Å². The fourth-order valence-electron chi connectivity index (χ4n) is 2.22. The van der Waals surface area contributed by atoms with Gasteiger partial charge >= 0.3 is 6.18 Å². The van der Waals surface area contributed by atoms with E-state index in [-0.39, 0.29) is 29.2 Å². The Morgan fingerprint density at radius 1 is 1.10 bits per heavy atom. The van der Waals surface area contributed by atoms with Crippen LogP contribution < -0.4 is 10.1 Å². The third-order valence-corrected chi connectivity index (χ3v) is 4.71. The van der Waals surface area contributed by atoms with Crippen LogP contribution in [-0.4, -0.2) is 34.6 Å². The van der Waals surface area contributed by atoms with Crippen LogP contribution >= 0.6 is 23.4 Å². The number of halogens is 4. The Hall–Kier alpha value is -2.72. The molecule has 0 fully saturated rings. The molecule has 2 aromatic carbocycles. The highest BCUT2D eigenvalue weighted by molar-refractivity contribution is 7.99. The molecular formula is C19H15ClF3N3O3S. The maximum Gasteiger partial charge on any atom is 0.422 e. The third-order valence-electron chi connectivity index (χ3n) is 3.64. The number of thioether (sulfide) groups is 1. The first-order chi connectivity index (χ1) is 14.3. The maximum absolute atomic E-state index is 12.1. The van der Waals surface area contributed by atoms with Gasteiger partial charge in [0.05, 0.1) is 5.75 Å². The van der Waals surface area contributed by atoms with Gasteiger partial charge in [-0.15, -0.1) is 10.2 Å². The third kappa shape index (κ3) is 6.96. The summed E-state index contributed by atoms with van der Waals surface area (Å²) >= 11 is 6.93. The predicted molar refractivity (Wildman–Crippen MR) is 105 cm³/mol. The van der Waals surface area contributed by atoms with E-state index in [4.69, 9.17) is 16.0 Å². The zero-order valence-corrected chi connectivity index (χ0v) is 16.9.